The van der Waals surface area contributed by atoms with Gasteiger partial charge in [-0.15, -0.1) is 13.2 Å². The molecular weight excluding hydrogens is 327 g/mol. The predicted octanol–water partition coefficient (Wildman–Crippen LogP) is 4.54. The van der Waals surface area contributed by atoms with Crippen molar-refractivity contribution in [2.24, 2.45) is 0 Å². The van der Waals surface area contributed by atoms with Gasteiger partial charge in [-0.25, -0.2) is 0 Å². The molecule has 2 aromatic rings. The van der Waals surface area contributed by atoms with Crippen LogP contribution in [0.5, 0.6) is 17.2 Å². The van der Waals surface area contributed by atoms with Crippen molar-refractivity contribution >= 4 is 15.9 Å². The molecule has 0 saturated carbocycles. The standard InChI is InChI=1S/C12H7BrF3NO2/c13-10-7-9(18-8-3-5-17-6-4-8)1-2-11(10)19-12(14,15)16/h1-7H. The van der Waals surface area contributed by atoms with Gasteiger partial charge in [0.1, 0.15) is 17.2 Å². The Morgan fingerprint density at radius 3 is 2.26 bits per heavy atom. The van der Waals surface area contributed by atoms with Crippen LogP contribution in [0.25, 0.3) is 0 Å². The second kappa shape index (κ2) is 5.48. The van der Waals surface area contributed by atoms with Gasteiger partial charge in [-0.2, -0.15) is 0 Å². The molecule has 1 heterocycles. The number of halogens is 4. The van der Waals surface area contributed by atoms with E-state index in [4.69, 9.17) is 4.74 Å². The lowest BCUT2D eigenvalue weighted by molar-refractivity contribution is -0.274. The largest absolute Gasteiger partial charge is 0.573 e. The van der Waals surface area contributed by atoms with Crippen LogP contribution in [0.1, 0.15) is 0 Å². The second-order valence-corrected chi connectivity index (χ2v) is 4.28. The fourth-order valence-electron chi connectivity index (χ4n) is 1.29. The molecule has 0 fully saturated rings. The van der Waals surface area contributed by atoms with Crippen molar-refractivity contribution in [2.75, 3.05) is 0 Å². The van der Waals surface area contributed by atoms with Gasteiger partial charge in [0.2, 0.25) is 0 Å². The van der Waals surface area contributed by atoms with E-state index < -0.39 is 6.36 Å². The van der Waals surface area contributed by atoms with Crippen LogP contribution in [0, 0.1) is 0 Å². The van der Waals surface area contributed by atoms with Crippen LogP contribution in [-0.2, 0) is 0 Å². The van der Waals surface area contributed by atoms with E-state index in [1.54, 1.807) is 24.5 Å². The van der Waals surface area contributed by atoms with Crippen LogP contribution in [0.15, 0.2) is 47.2 Å². The minimum absolute atomic E-state index is 0.149. The van der Waals surface area contributed by atoms with E-state index in [0.717, 1.165) is 0 Å². The number of benzene rings is 1. The summed E-state index contributed by atoms with van der Waals surface area (Å²) >= 11 is 3.00. The lowest BCUT2D eigenvalue weighted by atomic mass is 10.3. The molecule has 0 aliphatic rings. The zero-order valence-electron chi connectivity index (χ0n) is 9.32. The number of hydrogen-bond donors (Lipinski definition) is 0. The Kier molecular flexibility index (Phi) is 3.94. The zero-order valence-corrected chi connectivity index (χ0v) is 10.9. The molecule has 0 bridgehead atoms. The van der Waals surface area contributed by atoms with Gasteiger partial charge in [-0.05, 0) is 46.3 Å². The van der Waals surface area contributed by atoms with Gasteiger partial charge in [0.05, 0.1) is 4.47 Å². The molecule has 0 unspecified atom stereocenters. The average Bonchev–Trinajstić information content (AvgIpc) is 2.33. The van der Waals surface area contributed by atoms with Crippen molar-refractivity contribution in [2.45, 2.75) is 6.36 Å². The van der Waals surface area contributed by atoms with Crippen LogP contribution in [0.4, 0.5) is 13.2 Å². The van der Waals surface area contributed by atoms with Gasteiger partial charge >= 0.3 is 6.36 Å². The molecule has 1 aromatic heterocycles. The highest BCUT2D eigenvalue weighted by Gasteiger charge is 2.31. The third-order valence-corrected chi connectivity index (χ3v) is 2.63. The summed E-state index contributed by atoms with van der Waals surface area (Å²) in [6.45, 7) is 0. The van der Waals surface area contributed by atoms with Gasteiger partial charge < -0.3 is 9.47 Å². The summed E-state index contributed by atoms with van der Waals surface area (Å²) in [5.41, 5.74) is 0. The van der Waals surface area contributed by atoms with Crippen LogP contribution in [0.3, 0.4) is 0 Å². The van der Waals surface area contributed by atoms with E-state index in [9.17, 15) is 13.2 Å². The van der Waals surface area contributed by atoms with Gasteiger partial charge in [-0.1, -0.05) is 0 Å². The molecule has 0 aliphatic carbocycles. The first kappa shape index (κ1) is 13.7. The molecular formula is C12H7BrF3NO2. The van der Waals surface area contributed by atoms with Crippen molar-refractivity contribution in [3.63, 3.8) is 0 Å². The first-order valence-electron chi connectivity index (χ1n) is 5.07. The average molecular weight is 334 g/mol. The maximum absolute atomic E-state index is 12.1. The summed E-state index contributed by atoms with van der Waals surface area (Å²) in [5, 5.41) is 0. The third kappa shape index (κ3) is 4.13. The molecule has 0 saturated heterocycles. The van der Waals surface area contributed by atoms with Gasteiger partial charge in [0, 0.05) is 12.4 Å². The first-order chi connectivity index (χ1) is 8.94. The monoisotopic (exact) mass is 333 g/mol. The quantitative estimate of drug-likeness (QED) is 0.826. The maximum atomic E-state index is 12.1. The zero-order chi connectivity index (χ0) is 13.9. The van der Waals surface area contributed by atoms with E-state index in [1.807, 2.05) is 0 Å². The molecule has 19 heavy (non-hydrogen) atoms. The summed E-state index contributed by atoms with van der Waals surface area (Å²) in [6, 6.07) is 7.21. The molecule has 0 N–H and O–H groups in total. The van der Waals surface area contributed by atoms with E-state index in [0.29, 0.717) is 11.5 Å². The highest BCUT2D eigenvalue weighted by Crippen LogP contribution is 2.34. The molecule has 0 atom stereocenters. The van der Waals surface area contributed by atoms with Crippen LogP contribution in [0.2, 0.25) is 0 Å². The number of pyridine rings is 1. The van der Waals surface area contributed by atoms with Crippen LogP contribution >= 0.6 is 15.9 Å². The summed E-state index contributed by atoms with van der Waals surface area (Å²) in [6.07, 6.45) is -1.63. The highest BCUT2D eigenvalue weighted by molar-refractivity contribution is 9.10. The van der Waals surface area contributed by atoms with E-state index in [2.05, 4.69) is 25.7 Å². The molecule has 3 nitrogen and oxygen atoms in total. The fourth-order valence-corrected chi connectivity index (χ4v) is 1.73. The van der Waals surface area contributed by atoms with E-state index in [-0.39, 0.29) is 10.2 Å². The number of aromatic nitrogens is 1. The normalized spacial score (nSPS) is 11.2. The van der Waals surface area contributed by atoms with Crippen molar-refractivity contribution in [1.82, 2.24) is 4.98 Å². The lowest BCUT2D eigenvalue weighted by Crippen LogP contribution is -2.17. The summed E-state index contributed by atoms with van der Waals surface area (Å²) < 4.78 is 45.7. The van der Waals surface area contributed by atoms with E-state index in [1.165, 1.54) is 18.2 Å². The molecule has 0 amide bonds. The molecule has 100 valence electrons. The smallest absolute Gasteiger partial charge is 0.457 e. The summed E-state index contributed by atoms with van der Waals surface area (Å²) in [5.74, 6) is 0.591. The minimum Gasteiger partial charge on any atom is -0.457 e. The SMILES string of the molecule is FC(F)(F)Oc1ccc(Oc2ccncc2)cc1Br. The second-order valence-electron chi connectivity index (χ2n) is 3.43. The number of hydrogen-bond acceptors (Lipinski definition) is 3. The molecule has 2 rings (SSSR count). The van der Waals surface area contributed by atoms with Crippen LogP contribution in [-0.4, -0.2) is 11.3 Å². The molecule has 0 spiro atoms. The van der Waals surface area contributed by atoms with Crippen molar-refractivity contribution in [3.05, 3.63) is 47.2 Å². The third-order valence-electron chi connectivity index (χ3n) is 2.01. The fraction of sp³-hybridized carbons (Fsp3) is 0.0833. The number of rotatable bonds is 3. The molecule has 1 aromatic carbocycles. The van der Waals surface area contributed by atoms with Gasteiger partial charge in [0.25, 0.3) is 0 Å². The van der Waals surface area contributed by atoms with Crippen molar-refractivity contribution in [3.8, 4) is 17.2 Å². The van der Waals surface area contributed by atoms with Gasteiger partial charge in [0.15, 0.2) is 0 Å². The summed E-state index contributed by atoms with van der Waals surface area (Å²) in [7, 11) is 0. The lowest BCUT2D eigenvalue weighted by Gasteiger charge is -2.12. The Labute approximate surface area is 115 Å². The maximum Gasteiger partial charge on any atom is 0.573 e. The minimum atomic E-state index is -4.73. The van der Waals surface area contributed by atoms with E-state index >= 15 is 0 Å². The molecule has 0 radical (unpaired) electrons. The summed E-state index contributed by atoms with van der Waals surface area (Å²) in [4.78, 5) is 3.82. The molecule has 0 aliphatic heterocycles. The number of alkyl halides is 3. The first-order valence-corrected chi connectivity index (χ1v) is 5.86. The van der Waals surface area contributed by atoms with Gasteiger partial charge in [-0.3, -0.25) is 4.98 Å². The Balaban J connectivity index is 2.15. The van der Waals surface area contributed by atoms with Crippen molar-refractivity contribution < 1.29 is 22.6 Å². The van der Waals surface area contributed by atoms with Crippen molar-refractivity contribution in [1.29, 1.82) is 0 Å². The Morgan fingerprint density at radius 1 is 1.00 bits per heavy atom. The number of ether oxygens (including phenoxy) is 2. The number of nitrogens with zero attached hydrogens (tertiary/aromatic N) is 1. The topological polar surface area (TPSA) is 31.4 Å². The predicted molar refractivity (Wildman–Crippen MR) is 65.1 cm³/mol. The Bertz CT molecular complexity index is 561. The Hall–Kier alpha value is -1.76. The van der Waals surface area contributed by atoms with Crippen LogP contribution < -0.4 is 9.47 Å². The highest BCUT2D eigenvalue weighted by atomic mass is 79.9. The Morgan fingerprint density at radius 2 is 1.68 bits per heavy atom. The molecule has 7 heteroatoms.